The minimum absolute atomic E-state index is 0.0140. The highest BCUT2D eigenvalue weighted by Gasteiger charge is 2.26. The third kappa shape index (κ3) is 9.69. The number of methoxy groups -OCH3 is 2. The van der Waals surface area contributed by atoms with Gasteiger partial charge in [0.05, 0.1) is 95.0 Å². The molecule has 0 spiro atoms. The summed E-state index contributed by atoms with van der Waals surface area (Å²) in [6, 6.07) is 10.9. The molecule has 0 radical (unpaired) electrons. The number of anilines is 4. The summed E-state index contributed by atoms with van der Waals surface area (Å²) in [5, 5.41) is 8.43. The number of nitrogens with two attached hydrogens (primary N) is 1. The topological polar surface area (TPSA) is 169 Å². The number of ether oxygens (including phenoxy) is 6. The van der Waals surface area contributed by atoms with Crippen molar-refractivity contribution in [2.45, 2.75) is 44.9 Å². The van der Waals surface area contributed by atoms with E-state index >= 15 is 0 Å². The van der Waals surface area contributed by atoms with Gasteiger partial charge in [-0.25, -0.2) is 14.6 Å². The molecule has 14 nitrogen and oxygen atoms in total. The standard InChI is InChI=1S/C18H25N3O4.C13H19N3O4/c1-18(2,3)16-20-14-9-12(19-17(22)23-4)5-6-15(14)21(16)10-13-11-24-7-8-25-13;1-18-13(17)16-9-2-3-12(11(14)6-9)15-7-10-8-19-4-5-20-10/h5-6,9,13H,7-8,10-11H2,1-4H3,(H,19,22);2-3,6,10,15H,4-5,7-8,14H2,1H3,(H,16,17). The predicted molar refractivity (Wildman–Crippen MR) is 171 cm³/mol. The van der Waals surface area contributed by atoms with Crippen LogP contribution in [0, 0.1) is 0 Å². The molecule has 2 aliphatic heterocycles. The van der Waals surface area contributed by atoms with Gasteiger partial charge < -0.3 is 44.0 Å². The minimum atomic E-state index is -0.530. The van der Waals surface area contributed by atoms with Crippen LogP contribution in [0.25, 0.3) is 11.0 Å². The fourth-order valence-corrected chi connectivity index (χ4v) is 4.83. The number of nitrogens with one attached hydrogen (secondary N) is 3. The van der Waals surface area contributed by atoms with Crippen LogP contribution in [-0.4, -0.2) is 94.4 Å². The molecule has 14 heteroatoms. The number of imidazole rings is 1. The third-order valence-electron chi connectivity index (χ3n) is 7.01. The first-order valence-electron chi connectivity index (χ1n) is 14.8. The molecule has 2 aromatic carbocycles. The number of benzene rings is 2. The first-order chi connectivity index (χ1) is 21.6. The number of hydrogen-bond donors (Lipinski definition) is 4. The van der Waals surface area contributed by atoms with Crippen molar-refractivity contribution in [1.29, 1.82) is 0 Å². The lowest BCUT2D eigenvalue weighted by molar-refractivity contribution is -0.0936. The number of nitrogen functional groups attached to an aromatic ring is 1. The van der Waals surface area contributed by atoms with Gasteiger partial charge in [0.2, 0.25) is 0 Å². The Bertz CT molecular complexity index is 1430. The number of fused-ring (bicyclic) bond motifs is 1. The summed E-state index contributed by atoms with van der Waals surface area (Å²) in [4.78, 5) is 27.3. The lowest BCUT2D eigenvalue weighted by Gasteiger charge is -2.26. The average Bonchev–Trinajstić information content (AvgIpc) is 3.40. The Hall–Kier alpha value is -4.11. The Morgan fingerprint density at radius 3 is 2.07 bits per heavy atom. The Morgan fingerprint density at radius 2 is 1.51 bits per heavy atom. The van der Waals surface area contributed by atoms with E-state index in [1.165, 1.54) is 14.2 Å². The van der Waals surface area contributed by atoms with Crippen LogP contribution in [0.3, 0.4) is 0 Å². The highest BCUT2D eigenvalue weighted by atomic mass is 16.6. The summed E-state index contributed by atoms with van der Waals surface area (Å²) in [5.74, 6) is 0.979. The Morgan fingerprint density at radius 1 is 0.911 bits per heavy atom. The quantitative estimate of drug-likeness (QED) is 0.277. The summed E-state index contributed by atoms with van der Waals surface area (Å²) in [6.07, 6.45) is -0.989. The molecule has 3 aromatic rings. The molecule has 2 atom stereocenters. The molecule has 45 heavy (non-hydrogen) atoms. The summed E-state index contributed by atoms with van der Waals surface area (Å²) in [5.41, 5.74) is 10.2. The highest BCUT2D eigenvalue weighted by Crippen LogP contribution is 2.29. The van der Waals surface area contributed by atoms with Gasteiger partial charge in [0, 0.05) is 23.3 Å². The van der Waals surface area contributed by atoms with Gasteiger partial charge in [-0.05, 0) is 36.4 Å². The van der Waals surface area contributed by atoms with Crippen LogP contribution in [0.2, 0.25) is 0 Å². The summed E-state index contributed by atoms with van der Waals surface area (Å²) >= 11 is 0. The minimum Gasteiger partial charge on any atom is -0.453 e. The van der Waals surface area contributed by atoms with Crippen molar-refractivity contribution in [3.63, 3.8) is 0 Å². The average molecular weight is 629 g/mol. The van der Waals surface area contributed by atoms with Gasteiger partial charge in [0.15, 0.2) is 0 Å². The molecule has 246 valence electrons. The second-order valence-corrected chi connectivity index (χ2v) is 11.6. The zero-order valence-electron chi connectivity index (χ0n) is 26.5. The highest BCUT2D eigenvalue weighted by molar-refractivity contribution is 5.89. The van der Waals surface area contributed by atoms with E-state index in [0.29, 0.717) is 69.8 Å². The third-order valence-corrected chi connectivity index (χ3v) is 7.01. The van der Waals surface area contributed by atoms with E-state index in [4.69, 9.17) is 29.7 Å². The maximum atomic E-state index is 11.4. The van der Waals surface area contributed by atoms with Gasteiger partial charge in [-0.15, -0.1) is 0 Å². The van der Waals surface area contributed by atoms with E-state index in [9.17, 15) is 9.59 Å². The molecule has 2 fully saturated rings. The lowest BCUT2D eigenvalue weighted by atomic mass is 9.95. The largest absolute Gasteiger partial charge is 0.453 e. The monoisotopic (exact) mass is 628 g/mol. The van der Waals surface area contributed by atoms with Crippen LogP contribution < -0.4 is 21.7 Å². The molecular weight excluding hydrogens is 584 g/mol. The van der Waals surface area contributed by atoms with Gasteiger partial charge in [0.25, 0.3) is 0 Å². The Balaban J connectivity index is 0.000000210. The number of nitrogens with zero attached hydrogens (tertiary/aromatic N) is 2. The van der Waals surface area contributed by atoms with Crippen LogP contribution in [0.1, 0.15) is 26.6 Å². The van der Waals surface area contributed by atoms with Crippen LogP contribution >= 0.6 is 0 Å². The maximum Gasteiger partial charge on any atom is 0.411 e. The zero-order chi connectivity index (χ0) is 32.4. The maximum absolute atomic E-state index is 11.4. The molecule has 0 aliphatic carbocycles. The molecule has 2 aliphatic rings. The van der Waals surface area contributed by atoms with Gasteiger partial charge in [-0.2, -0.15) is 0 Å². The number of carbonyl (C=O) groups is 2. The lowest BCUT2D eigenvalue weighted by Crippen LogP contribution is -2.34. The second-order valence-electron chi connectivity index (χ2n) is 11.6. The first-order valence-corrected chi connectivity index (χ1v) is 14.8. The fraction of sp³-hybridized carbons (Fsp3) is 0.516. The van der Waals surface area contributed by atoms with Gasteiger partial charge >= 0.3 is 12.2 Å². The van der Waals surface area contributed by atoms with Crippen LogP contribution in [0.5, 0.6) is 0 Å². The van der Waals surface area contributed by atoms with Crippen molar-refractivity contribution >= 4 is 46.0 Å². The molecule has 2 saturated heterocycles. The van der Waals surface area contributed by atoms with Crippen LogP contribution in [-0.2, 0) is 40.4 Å². The van der Waals surface area contributed by atoms with E-state index in [1.54, 1.807) is 18.2 Å². The molecule has 5 N–H and O–H groups in total. The first kappa shape index (κ1) is 33.8. The van der Waals surface area contributed by atoms with Gasteiger partial charge in [0.1, 0.15) is 5.82 Å². The molecule has 1 aromatic heterocycles. The van der Waals surface area contributed by atoms with E-state index in [-0.39, 0.29) is 17.6 Å². The predicted octanol–water partition coefficient (Wildman–Crippen LogP) is 4.20. The number of aromatic nitrogens is 2. The Labute approximate surface area is 262 Å². The zero-order valence-corrected chi connectivity index (χ0v) is 26.5. The molecule has 3 heterocycles. The number of hydrogen-bond acceptors (Lipinski definition) is 11. The van der Waals surface area contributed by atoms with Gasteiger partial charge in [-0.3, -0.25) is 10.6 Å². The van der Waals surface area contributed by atoms with E-state index < -0.39 is 12.2 Å². The SMILES string of the molecule is COC(=O)Nc1ccc(NCC2COCCO2)c(N)c1.COC(=O)Nc1ccc2c(c1)nc(C(C)(C)C)n2CC1COCCO1. The molecule has 2 unspecified atom stereocenters. The van der Waals surface area contributed by atoms with Crippen molar-refractivity contribution in [1.82, 2.24) is 9.55 Å². The van der Waals surface area contributed by atoms with Crippen molar-refractivity contribution in [2.24, 2.45) is 0 Å². The second kappa shape index (κ2) is 15.8. The number of amides is 2. The Kier molecular flexibility index (Phi) is 11.8. The molecule has 5 rings (SSSR count). The molecule has 2 amide bonds. The number of rotatable bonds is 7. The van der Waals surface area contributed by atoms with Gasteiger partial charge in [-0.1, -0.05) is 20.8 Å². The van der Waals surface area contributed by atoms with Crippen molar-refractivity contribution in [3.05, 3.63) is 42.2 Å². The van der Waals surface area contributed by atoms with E-state index in [0.717, 1.165) is 22.5 Å². The fourth-order valence-electron chi connectivity index (χ4n) is 4.83. The smallest absolute Gasteiger partial charge is 0.411 e. The van der Waals surface area contributed by atoms with Crippen LogP contribution in [0.4, 0.5) is 32.3 Å². The van der Waals surface area contributed by atoms with E-state index in [1.807, 2.05) is 18.2 Å². The van der Waals surface area contributed by atoms with Crippen molar-refractivity contribution < 1.29 is 38.0 Å². The summed E-state index contributed by atoms with van der Waals surface area (Å²) in [7, 11) is 2.65. The number of carbonyl (C=O) groups excluding carboxylic acids is 2. The van der Waals surface area contributed by atoms with E-state index in [2.05, 4.69) is 50.8 Å². The summed E-state index contributed by atoms with van der Waals surface area (Å²) < 4.78 is 33.5. The molecule has 0 saturated carbocycles. The molecule has 0 bridgehead atoms. The molecular formula is C31H44N6O8. The summed E-state index contributed by atoms with van der Waals surface area (Å²) in [6.45, 7) is 11.4. The van der Waals surface area contributed by atoms with Crippen LogP contribution in [0.15, 0.2) is 36.4 Å². The van der Waals surface area contributed by atoms with Crippen molar-refractivity contribution in [3.8, 4) is 0 Å². The van der Waals surface area contributed by atoms with Crippen molar-refractivity contribution in [2.75, 3.05) is 82.1 Å². The normalized spacial score (nSPS) is 18.3.